The minimum absolute atomic E-state index is 0.0479. The Morgan fingerprint density at radius 3 is 1.82 bits per heavy atom. The number of hydrogen-bond acceptors (Lipinski definition) is 4. The normalized spacial score (nSPS) is 11.9. The Hall–Kier alpha value is -2.83. The standard InChI is InChI=1S/C33H46N2O3S/c1-8-9-10-14-21-38-30-19-17-29(18-20-30)35(28-15-12-11-13-16-28)34-39(36,37)33-31(25(4)5)22-27(24(2)3)23-32(33)26(6)7/h11-13,15-20,22-26,34H,8-10,14,21H2,1-7H3. The Bertz CT molecular complexity index is 1260. The molecule has 212 valence electrons. The smallest absolute Gasteiger partial charge is 0.258 e. The Morgan fingerprint density at radius 1 is 0.744 bits per heavy atom. The first kappa shape index (κ1) is 30.7. The first-order valence-electron chi connectivity index (χ1n) is 14.3. The molecule has 0 saturated heterocycles. The lowest BCUT2D eigenvalue weighted by molar-refractivity contribution is 0.305. The molecule has 0 aliphatic heterocycles. The maximum Gasteiger partial charge on any atom is 0.258 e. The van der Waals surface area contributed by atoms with Crippen molar-refractivity contribution in [3.8, 4) is 5.75 Å². The van der Waals surface area contributed by atoms with Crippen molar-refractivity contribution in [2.45, 2.75) is 96.8 Å². The van der Waals surface area contributed by atoms with Gasteiger partial charge in [-0.2, -0.15) is 0 Å². The largest absolute Gasteiger partial charge is 0.494 e. The van der Waals surface area contributed by atoms with Crippen molar-refractivity contribution < 1.29 is 13.2 Å². The van der Waals surface area contributed by atoms with Gasteiger partial charge in [0.1, 0.15) is 5.75 Å². The number of nitrogens with zero attached hydrogens (tertiary/aromatic N) is 1. The van der Waals surface area contributed by atoms with Crippen LogP contribution in [0.3, 0.4) is 0 Å². The number of sulfonamides is 1. The van der Waals surface area contributed by atoms with Crippen LogP contribution in [0.4, 0.5) is 11.4 Å². The van der Waals surface area contributed by atoms with E-state index in [1.807, 2.05) is 54.6 Å². The summed E-state index contributed by atoms with van der Waals surface area (Å²) in [6.07, 6.45) is 4.59. The third-order valence-corrected chi connectivity index (χ3v) is 8.37. The van der Waals surface area contributed by atoms with E-state index in [0.29, 0.717) is 23.1 Å². The van der Waals surface area contributed by atoms with Crippen molar-refractivity contribution in [3.05, 3.63) is 83.4 Å². The summed E-state index contributed by atoms with van der Waals surface area (Å²) < 4.78 is 34.4. The summed E-state index contributed by atoms with van der Waals surface area (Å²) >= 11 is 0. The molecule has 39 heavy (non-hydrogen) atoms. The Labute approximate surface area is 236 Å². The van der Waals surface area contributed by atoms with Crippen LogP contribution in [0.5, 0.6) is 5.75 Å². The van der Waals surface area contributed by atoms with Gasteiger partial charge in [-0.25, -0.2) is 8.42 Å². The fourth-order valence-electron chi connectivity index (χ4n) is 4.61. The van der Waals surface area contributed by atoms with Crippen LogP contribution in [0.15, 0.2) is 71.6 Å². The molecule has 0 fully saturated rings. The first-order chi connectivity index (χ1) is 18.5. The molecular weight excluding hydrogens is 504 g/mol. The third-order valence-electron chi connectivity index (χ3n) is 6.94. The molecule has 0 bridgehead atoms. The van der Waals surface area contributed by atoms with Gasteiger partial charge in [0.15, 0.2) is 0 Å². The van der Waals surface area contributed by atoms with Crippen LogP contribution in [-0.4, -0.2) is 15.0 Å². The molecule has 0 aromatic heterocycles. The van der Waals surface area contributed by atoms with Crippen LogP contribution < -0.4 is 14.6 Å². The zero-order valence-corrected chi connectivity index (χ0v) is 25.5. The molecule has 5 nitrogen and oxygen atoms in total. The fraction of sp³-hybridized carbons (Fsp3) is 0.455. The van der Waals surface area contributed by atoms with Crippen LogP contribution in [0.1, 0.15) is 109 Å². The molecular formula is C33H46N2O3S. The number of para-hydroxylation sites is 1. The zero-order valence-electron chi connectivity index (χ0n) is 24.7. The monoisotopic (exact) mass is 550 g/mol. The van der Waals surface area contributed by atoms with Crippen LogP contribution >= 0.6 is 0 Å². The molecule has 6 heteroatoms. The van der Waals surface area contributed by atoms with Crippen LogP contribution in [0.25, 0.3) is 0 Å². The van der Waals surface area contributed by atoms with Gasteiger partial charge in [0.25, 0.3) is 10.0 Å². The maximum atomic E-state index is 14.2. The average Bonchev–Trinajstić information content (AvgIpc) is 2.91. The molecule has 0 spiro atoms. The number of ether oxygens (including phenoxy) is 1. The lowest BCUT2D eigenvalue weighted by atomic mass is 9.89. The number of benzene rings is 3. The lowest BCUT2D eigenvalue weighted by Crippen LogP contribution is -2.40. The van der Waals surface area contributed by atoms with E-state index in [4.69, 9.17) is 4.74 Å². The van der Waals surface area contributed by atoms with Gasteiger partial charge in [-0.05, 0) is 77.3 Å². The SMILES string of the molecule is CCCCCCOc1ccc(N(NS(=O)(=O)c2c(C(C)C)cc(C(C)C)cc2C(C)C)c2ccccc2)cc1. The van der Waals surface area contributed by atoms with Crippen molar-refractivity contribution in [2.75, 3.05) is 11.6 Å². The molecule has 0 amide bonds. The highest BCUT2D eigenvalue weighted by atomic mass is 32.2. The summed E-state index contributed by atoms with van der Waals surface area (Å²) in [5.41, 5.74) is 4.28. The molecule has 0 heterocycles. The van der Waals surface area contributed by atoms with Gasteiger partial charge in [0, 0.05) is 0 Å². The van der Waals surface area contributed by atoms with Crippen molar-refractivity contribution in [3.63, 3.8) is 0 Å². The van der Waals surface area contributed by atoms with Gasteiger partial charge in [-0.1, -0.05) is 98.1 Å². The van der Waals surface area contributed by atoms with E-state index in [1.54, 1.807) is 5.01 Å². The maximum absolute atomic E-state index is 14.2. The van der Waals surface area contributed by atoms with Gasteiger partial charge < -0.3 is 4.74 Å². The van der Waals surface area contributed by atoms with Gasteiger partial charge in [-0.15, -0.1) is 4.83 Å². The summed E-state index contributed by atoms with van der Waals surface area (Å²) in [6, 6.07) is 21.2. The van der Waals surface area contributed by atoms with Crippen LogP contribution in [0.2, 0.25) is 0 Å². The molecule has 0 unspecified atom stereocenters. The van der Waals surface area contributed by atoms with Gasteiger partial charge in [-0.3, -0.25) is 5.01 Å². The zero-order chi connectivity index (χ0) is 28.6. The average molecular weight is 551 g/mol. The van der Waals surface area contributed by atoms with E-state index < -0.39 is 10.0 Å². The van der Waals surface area contributed by atoms with E-state index in [9.17, 15) is 8.42 Å². The third kappa shape index (κ3) is 8.09. The molecule has 0 radical (unpaired) electrons. The minimum Gasteiger partial charge on any atom is -0.494 e. The molecule has 0 aliphatic carbocycles. The number of anilines is 2. The summed E-state index contributed by atoms with van der Waals surface area (Å²) in [7, 11) is -3.94. The number of hydrogen-bond donors (Lipinski definition) is 1. The fourth-order valence-corrected chi connectivity index (χ4v) is 6.36. The van der Waals surface area contributed by atoms with Gasteiger partial charge >= 0.3 is 0 Å². The molecule has 3 rings (SSSR count). The topological polar surface area (TPSA) is 58.6 Å². The molecule has 3 aromatic carbocycles. The lowest BCUT2D eigenvalue weighted by Gasteiger charge is -2.28. The molecule has 0 saturated carbocycles. The van der Waals surface area contributed by atoms with Crippen molar-refractivity contribution in [1.82, 2.24) is 4.83 Å². The number of rotatable bonds is 14. The van der Waals surface area contributed by atoms with E-state index in [0.717, 1.165) is 41.0 Å². The summed E-state index contributed by atoms with van der Waals surface area (Å²) in [5.74, 6) is 1.18. The Morgan fingerprint density at radius 2 is 1.31 bits per heavy atom. The van der Waals surface area contributed by atoms with Crippen molar-refractivity contribution in [2.24, 2.45) is 0 Å². The Kier molecular flexibility index (Phi) is 11.0. The van der Waals surface area contributed by atoms with E-state index in [1.165, 1.54) is 12.8 Å². The summed E-state index contributed by atoms with van der Waals surface area (Å²) in [6.45, 7) is 15.4. The van der Waals surface area contributed by atoms with E-state index in [-0.39, 0.29) is 11.8 Å². The number of hydrazine groups is 1. The quantitative estimate of drug-likeness (QED) is 0.161. The second-order valence-electron chi connectivity index (χ2n) is 11.2. The number of nitrogens with one attached hydrogen (secondary N) is 1. The van der Waals surface area contributed by atoms with Gasteiger partial charge in [0.05, 0.1) is 22.9 Å². The van der Waals surface area contributed by atoms with Crippen molar-refractivity contribution >= 4 is 21.4 Å². The Balaban J connectivity index is 2.01. The van der Waals surface area contributed by atoms with Crippen LogP contribution in [0, 0.1) is 0 Å². The summed E-state index contributed by atoms with van der Waals surface area (Å²) in [5, 5.41) is 1.64. The molecule has 0 aliphatic rings. The highest BCUT2D eigenvalue weighted by molar-refractivity contribution is 7.89. The second kappa shape index (κ2) is 14.0. The highest BCUT2D eigenvalue weighted by Gasteiger charge is 2.29. The first-order valence-corrected chi connectivity index (χ1v) is 15.8. The van der Waals surface area contributed by atoms with Crippen molar-refractivity contribution in [1.29, 1.82) is 0 Å². The predicted octanol–water partition coefficient (Wildman–Crippen LogP) is 9.05. The highest BCUT2D eigenvalue weighted by Crippen LogP contribution is 2.36. The van der Waals surface area contributed by atoms with E-state index in [2.05, 4.69) is 65.4 Å². The van der Waals surface area contributed by atoms with Gasteiger partial charge in [0.2, 0.25) is 0 Å². The molecule has 0 atom stereocenters. The second-order valence-corrected chi connectivity index (χ2v) is 12.8. The molecule has 1 N–H and O–H groups in total. The van der Waals surface area contributed by atoms with Crippen LogP contribution in [-0.2, 0) is 10.0 Å². The molecule has 3 aromatic rings. The minimum atomic E-state index is -3.94. The number of unbranched alkanes of at least 4 members (excludes halogenated alkanes) is 3. The predicted molar refractivity (Wildman–Crippen MR) is 164 cm³/mol. The summed E-state index contributed by atoms with van der Waals surface area (Å²) in [4.78, 5) is 3.31. The van der Waals surface area contributed by atoms with E-state index >= 15 is 0 Å².